The topological polar surface area (TPSA) is 53.4 Å². The lowest BCUT2D eigenvalue weighted by molar-refractivity contribution is 0.0702. The van der Waals surface area contributed by atoms with E-state index in [1.165, 1.54) is 24.2 Å². The van der Waals surface area contributed by atoms with Crippen molar-refractivity contribution in [3.63, 3.8) is 0 Å². The third-order valence-electron chi connectivity index (χ3n) is 3.75. The molecule has 0 aliphatic carbocycles. The van der Waals surface area contributed by atoms with Gasteiger partial charge in [-0.15, -0.1) is 11.3 Å². The molecule has 1 aromatic heterocycles. The van der Waals surface area contributed by atoms with Crippen LogP contribution in [0.2, 0.25) is 0 Å². The van der Waals surface area contributed by atoms with Gasteiger partial charge in [0, 0.05) is 18.5 Å². The molecular weight excluding hydrogens is 284 g/mol. The van der Waals surface area contributed by atoms with Gasteiger partial charge in [0.15, 0.2) is 0 Å². The van der Waals surface area contributed by atoms with Crippen molar-refractivity contribution in [1.82, 2.24) is 9.88 Å². The highest BCUT2D eigenvalue weighted by Crippen LogP contribution is 2.28. The van der Waals surface area contributed by atoms with Gasteiger partial charge in [0.1, 0.15) is 4.88 Å². The van der Waals surface area contributed by atoms with Crippen LogP contribution >= 0.6 is 11.3 Å². The summed E-state index contributed by atoms with van der Waals surface area (Å²) < 4.78 is 0. The van der Waals surface area contributed by atoms with Crippen molar-refractivity contribution >= 4 is 17.3 Å². The Balaban J connectivity index is 1.81. The zero-order valence-electron chi connectivity index (χ0n) is 11.8. The highest BCUT2D eigenvalue weighted by molar-refractivity contribution is 7.14. The summed E-state index contributed by atoms with van der Waals surface area (Å²) in [4.78, 5) is 18.8. The third kappa shape index (κ3) is 3.31. The van der Waals surface area contributed by atoms with Gasteiger partial charge in [0.2, 0.25) is 0 Å². The zero-order valence-corrected chi connectivity index (χ0v) is 12.6. The Morgan fingerprint density at radius 1 is 1.24 bits per heavy atom. The maximum Gasteiger partial charge on any atom is 0.348 e. The first-order valence-corrected chi connectivity index (χ1v) is 8.06. The quantitative estimate of drug-likeness (QED) is 0.922. The minimum Gasteiger partial charge on any atom is -0.477 e. The monoisotopic (exact) mass is 302 g/mol. The molecule has 0 amide bonds. The predicted molar refractivity (Wildman–Crippen MR) is 83.9 cm³/mol. The van der Waals surface area contributed by atoms with E-state index < -0.39 is 5.97 Å². The van der Waals surface area contributed by atoms with Crippen LogP contribution in [0.25, 0.3) is 11.3 Å². The summed E-state index contributed by atoms with van der Waals surface area (Å²) in [6, 6.07) is 9.55. The molecule has 0 atom stereocenters. The number of thiazole rings is 1. The van der Waals surface area contributed by atoms with Crippen LogP contribution in [0.5, 0.6) is 0 Å². The number of nitrogens with zero attached hydrogens (tertiary/aromatic N) is 2. The molecule has 1 aliphatic rings. The van der Waals surface area contributed by atoms with E-state index >= 15 is 0 Å². The summed E-state index contributed by atoms with van der Waals surface area (Å²) in [6.07, 6.45) is 3.37. The van der Waals surface area contributed by atoms with E-state index in [0.29, 0.717) is 10.6 Å². The van der Waals surface area contributed by atoms with Gasteiger partial charge in [-0.25, -0.2) is 9.78 Å². The van der Waals surface area contributed by atoms with E-state index in [2.05, 4.69) is 9.88 Å². The van der Waals surface area contributed by atoms with Crippen LogP contribution < -0.4 is 0 Å². The van der Waals surface area contributed by atoms with Crippen LogP contribution in [-0.4, -0.2) is 40.6 Å². The number of carbonyl (C=O) groups is 1. The first-order chi connectivity index (χ1) is 10.2. The molecule has 0 radical (unpaired) electrons. The van der Waals surface area contributed by atoms with Crippen molar-refractivity contribution < 1.29 is 9.90 Å². The largest absolute Gasteiger partial charge is 0.477 e. The molecule has 2 aromatic rings. The fourth-order valence-electron chi connectivity index (χ4n) is 2.67. The number of likely N-dealkylation sites (tertiary alicyclic amines) is 1. The lowest BCUT2D eigenvalue weighted by atomic mass is 10.1. The van der Waals surface area contributed by atoms with E-state index in [-0.39, 0.29) is 0 Å². The van der Waals surface area contributed by atoms with Gasteiger partial charge in [0.05, 0.1) is 10.7 Å². The van der Waals surface area contributed by atoms with Gasteiger partial charge >= 0.3 is 5.97 Å². The Labute approximate surface area is 128 Å². The Hall–Kier alpha value is -1.72. The van der Waals surface area contributed by atoms with Crippen LogP contribution in [0.4, 0.5) is 0 Å². The number of aromatic carboxylic acids is 1. The zero-order chi connectivity index (χ0) is 14.7. The summed E-state index contributed by atoms with van der Waals surface area (Å²) in [6.45, 7) is 3.28. The summed E-state index contributed by atoms with van der Waals surface area (Å²) >= 11 is 1.31. The summed E-state index contributed by atoms with van der Waals surface area (Å²) in [7, 11) is 0. The smallest absolute Gasteiger partial charge is 0.348 e. The van der Waals surface area contributed by atoms with Gasteiger partial charge in [-0.2, -0.15) is 0 Å². The van der Waals surface area contributed by atoms with E-state index in [9.17, 15) is 9.90 Å². The SMILES string of the molecule is O=C(O)c1sc(CCN2CCCC2)nc1-c1ccccc1. The minimum absolute atomic E-state index is 0.345. The molecule has 21 heavy (non-hydrogen) atoms. The van der Waals surface area contributed by atoms with Crippen LogP contribution in [0, 0.1) is 0 Å². The molecule has 1 aliphatic heterocycles. The van der Waals surface area contributed by atoms with Gasteiger partial charge in [-0.05, 0) is 25.9 Å². The molecule has 1 saturated heterocycles. The van der Waals surface area contributed by atoms with Crippen LogP contribution in [0.3, 0.4) is 0 Å². The Morgan fingerprint density at radius 2 is 1.95 bits per heavy atom. The molecule has 4 nitrogen and oxygen atoms in total. The second-order valence-corrected chi connectivity index (χ2v) is 6.34. The summed E-state index contributed by atoms with van der Waals surface area (Å²) in [5.74, 6) is -0.890. The van der Waals surface area contributed by atoms with Crippen molar-refractivity contribution in [1.29, 1.82) is 0 Å². The van der Waals surface area contributed by atoms with E-state index in [1.54, 1.807) is 0 Å². The molecular formula is C16H18N2O2S. The van der Waals surface area contributed by atoms with Gasteiger partial charge in [-0.1, -0.05) is 30.3 Å². The van der Waals surface area contributed by atoms with Crippen molar-refractivity contribution in [3.8, 4) is 11.3 Å². The minimum atomic E-state index is -0.890. The van der Waals surface area contributed by atoms with Gasteiger partial charge < -0.3 is 10.0 Å². The number of hydrogen-bond acceptors (Lipinski definition) is 4. The third-order valence-corrected chi connectivity index (χ3v) is 4.86. The Bertz CT molecular complexity index is 618. The molecule has 3 rings (SSSR count). The van der Waals surface area contributed by atoms with Crippen LogP contribution in [-0.2, 0) is 6.42 Å². The normalized spacial score (nSPS) is 15.4. The molecule has 5 heteroatoms. The average Bonchev–Trinajstić information content (AvgIpc) is 3.15. The number of benzene rings is 1. The molecule has 1 aromatic carbocycles. The number of carboxylic acid groups (broad SMARTS) is 1. The first-order valence-electron chi connectivity index (χ1n) is 7.25. The van der Waals surface area contributed by atoms with E-state index in [4.69, 9.17) is 0 Å². The molecule has 1 N–H and O–H groups in total. The average molecular weight is 302 g/mol. The van der Waals surface area contributed by atoms with Crippen molar-refractivity contribution in [2.24, 2.45) is 0 Å². The van der Waals surface area contributed by atoms with Gasteiger partial charge in [0.25, 0.3) is 0 Å². The predicted octanol–water partition coefficient (Wildman–Crippen LogP) is 3.15. The molecule has 2 heterocycles. The van der Waals surface area contributed by atoms with Crippen molar-refractivity contribution in [2.75, 3.05) is 19.6 Å². The summed E-state index contributed by atoms with van der Waals surface area (Å²) in [5.41, 5.74) is 1.48. The number of carboxylic acids is 1. The molecule has 0 spiro atoms. The molecule has 0 saturated carbocycles. The second kappa shape index (κ2) is 6.37. The lowest BCUT2D eigenvalue weighted by Crippen LogP contribution is -2.21. The maximum absolute atomic E-state index is 11.4. The number of aromatic nitrogens is 1. The first kappa shape index (κ1) is 14.2. The van der Waals surface area contributed by atoms with Gasteiger partial charge in [-0.3, -0.25) is 0 Å². The fraction of sp³-hybridized carbons (Fsp3) is 0.375. The number of hydrogen-bond donors (Lipinski definition) is 1. The van der Waals surface area contributed by atoms with Crippen LogP contribution in [0.15, 0.2) is 30.3 Å². The molecule has 0 bridgehead atoms. The highest BCUT2D eigenvalue weighted by atomic mass is 32.1. The Kier molecular flexibility index (Phi) is 4.31. The van der Waals surface area contributed by atoms with Crippen molar-refractivity contribution in [2.45, 2.75) is 19.3 Å². The lowest BCUT2D eigenvalue weighted by Gasteiger charge is -2.12. The van der Waals surface area contributed by atoms with Crippen LogP contribution in [0.1, 0.15) is 27.5 Å². The fourth-order valence-corrected chi connectivity index (χ4v) is 3.58. The molecule has 0 unspecified atom stereocenters. The van der Waals surface area contributed by atoms with E-state index in [1.807, 2.05) is 30.3 Å². The molecule has 110 valence electrons. The number of rotatable bonds is 5. The summed E-state index contributed by atoms with van der Waals surface area (Å²) in [5, 5.41) is 10.3. The Morgan fingerprint density at radius 3 is 2.62 bits per heavy atom. The highest BCUT2D eigenvalue weighted by Gasteiger charge is 2.19. The van der Waals surface area contributed by atoms with E-state index in [0.717, 1.165) is 36.6 Å². The van der Waals surface area contributed by atoms with Crippen molar-refractivity contribution in [3.05, 3.63) is 40.2 Å². The maximum atomic E-state index is 11.4. The standard InChI is InChI=1S/C16H18N2O2S/c19-16(20)15-14(12-6-2-1-3-7-12)17-13(21-15)8-11-18-9-4-5-10-18/h1-3,6-7H,4-5,8-11H2,(H,19,20). The molecule has 1 fully saturated rings. The second-order valence-electron chi connectivity index (χ2n) is 5.26.